The van der Waals surface area contributed by atoms with Crippen molar-refractivity contribution in [3.8, 4) is 17.2 Å². The molecule has 0 spiro atoms. The molecule has 3 aromatic rings. The molecular weight excluding hydrogens is 615 g/mol. The van der Waals surface area contributed by atoms with Gasteiger partial charge in [0.2, 0.25) is 0 Å². The second-order valence-corrected chi connectivity index (χ2v) is 8.15. The zero-order chi connectivity index (χ0) is 29.8. The molecule has 0 amide bonds. The normalized spacial score (nSPS) is 11.9. The Labute approximate surface area is 227 Å². The van der Waals surface area contributed by atoms with E-state index in [2.05, 4.69) is 25.1 Å². The van der Waals surface area contributed by atoms with Crippen LogP contribution in [0, 0.1) is 0 Å². The van der Waals surface area contributed by atoms with E-state index in [-0.39, 0.29) is 16.4 Å². The van der Waals surface area contributed by atoms with Crippen LogP contribution in [0.4, 0.5) is 61.0 Å². The predicted octanol–water partition coefficient (Wildman–Crippen LogP) is 8.97. The number of ether oxygens (including phenoxy) is 3. The van der Waals surface area contributed by atoms with Crippen molar-refractivity contribution in [2.75, 3.05) is 16.0 Å². The van der Waals surface area contributed by atoms with E-state index >= 15 is 0 Å². The Bertz CT molecular complexity index is 1330. The van der Waals surface area contributed by atoms with Crippen LogP contribution in [0.5, 0.6) is 17.2 Å². The molecule has 0 radical (unpaired) electrons. The van der Waals surface area contributed by atoms with Gasteiger partial charge in [0.15, 0.2) is 0 Å². The number of nitrogens with one attached hydrogen (secondary N) is 2. The third-order valence-corrected chi connectivity index (χ3v) is 5.12. The van der Waals surface area contributed by atoms with Gasteiger partial charge >= 0.3 is 25.8 Å². The quantitative estimate of drug-likeness (QED) is 0.173. The van der Waals surface area contributed by atoms with Crippen LogP contribution >= 0.6 is 23.2 Å². The summed E-state index contributed by atoms with van der Waals surface area (Å²) in [4.78, 5) is 0. The molecule has 0 saturated heterocycles. The summed E-state index contributed by atoms with van der Waals surface area (Å²) < 4.78 is 141. The Kier molecular flexibility index (Phi) is 9.45. The minimum atomic E-state index is -5.16. The smallest absolute Gasteiger partial charge is 0.434 e. The highest BCUT2D eigenvalue weighted by molar-refractivity contribution is 6.32. The number of rotatable bonds is 10. The first-order valence-electron chi connectivity index (χ1n) is 10.3. The minimum Gasteiger partial charge on any atom is -0.434 e. The van der Waals surface area contributed by atoms with Crippen LogP contribution < -0.4 is 30.2 Å². The van der Waals surface area contributed by atoms with Crippen molar-refractivity contribution in [2.24, 2.45) is 0 Å². The number of hydrogen-bond donors (Lipinski definition) is 2. The van der Waals surface area contributed by atoms with Crippen molar-refractivity contribution in [3.63, 3.8) is 0 Å². The lowest BCUT2D eigenvalue weighted by atomic mass is 10.1. The molecule has 0 aromatic heterocycles. The van der Waals surface area contributed by atoms with Gasteiger partial charge in [-0.25, -0.2) is 0 Å². The van der Waals surface area contributed by atoms with E-state index < -0.39 is 59.3 Å². The van der Waals surface area contributed by atoms with Crippen LogP contribution in [0.1, 0.15) is 5.56 Å². The van der Waals surface area contributed by atoms with Gasteiger partial charge in [-0.05, 0) is 54.6 Å². The van der Waals surface area contributed by atoms with Gasteiger partial charge in [0.1, 0.15) is 17.2 Å². The predicted molar refractivity (Wildman–Crippen MR) is 124 cm³/mol. The lowest BCUT2D eigenvalue weighted by Crippen LogP contribution is -2.36. The van der Waals surface area contributed by atoms with Gasteiger partial charge in [0.25, 0.3) is 0 Å². The number of benzene rings is 3. The van der Waals surface area contributed by atoms with Gasteiger partial charge in [0, 0.05) is 0 Å². The van der Waals surface area contributed by atoms with Gasteiger partial charge in [-0.15, -0.1) is 13.2 Å². The molecule has 0 aliphatic carbocycles. The molecule has 0 heterocycles. The van der Waals surface area contributed by atoms with E-state index in [4.69, 9.17) is 23.2 Å². The van der Waals surface area contributed by atoms with Gasteiger partial charge in [-0.3, -0.25) is 10.9 Å². The molecular formula is C22H13Cl2F10N3O3. The van der Waals surface area contributed by atoms with Crippen LogP contribution in [-0.4, -0.2) is 19.6 Å². The Hall–Kier alpha value is -3.66. The van der Waals surface area contributed by atoms with Gasteiger partial charge in [-0.1, -0.05) is 23.2 Å². The third-order valence-electron chi connectivity index (χ3n) is 4.53. The van der Waals surface area contributed by atoms with E-state index in [1.54, 1.807) is 0 Å². The molecule has 2 N–H and O–H groups in total. The zero-order valence-electron chi connectivity index (χ0n) is 19.1. The zero-order valence-corrected chi connectivity index (χ0v) is 20.6. The molecule has 0 unspecified atom stereocenters. The van der Waals surface area contributed by atoms with Crippen molar-refractivity contribution < 1.29 is 58.1 Å². The van der Waals surface area contributed by atoms with E-state index in [1.165, 1.54) is 0 Å². The van der Waals surface area contributed by atoms with Gasteiger partial charge in [-0.2, -0.15) is 35.9 Å². The summed E-state index contributed by atoms with van der Waals surface area (Å²) in [6, 6.07) is 7.91. The molecule has 6 nitrogen and oxygen atoms in total. The largest absolute Gasteiger partial charge is 0.573 e. The molecule has 0 saturated carbocycles. The number of hydrazine groups is 2. The highest BCUT2D eigenvalue weighted by Crippen LogP contribution is 2.40. The van der Waals surface area contributed by atoms with Crippen molar-refractivity contribution >= 4 is 40.3 Å². The Morgan fingerprint density at radius 1 is 0.650 bits per heavy atom. The van der Waals surface area contributed by atoms with Gasteiger partial charge < -0.3 is 14.2 Å². The van der Waals surface area contributed by atoms with E-state index in [0.29, 0.717) is 12.1 Å². The van der Waals surface area contributed by atoms with Crippen molar-refractivity contribution in [3.05, 3.63) is 70.2 Å². The second-order valence-electron chi connectivity index (χ2n) is 7.33. The minimum absolute atomic E-state index is 0.0243. The molecule has 0 fully saturated rings. The molecule has 0 atom stereocenters. The summed E-state index contributed by atoms with van der Waals surface area (Å²) in [7, 11) is 0. The van der Waals surface area contributed by atoms with Gasteiger partial charge in [0.05, 0.1) is 32.7 Å². The molecule has 218 valence electrons. The van der Waals surface area contributed by atoms with E-state index in [1.807, 2.05) is 0 Å². The molecule has 0 aliphatic heterocycles. The molecule has 18 heteroatoms. The SMILES string of the molecule is FC(F)Oc1ccc(NN(Nc2ccc(OC(F)(F)F)c(Cl)c2)c2ccc(OC(F)F)c(C(F)(F)F)c2)cc1Cl. The van der Waals surface area contributed by atoms with Crippen LogP contribution in [0.3, 0.4) is 0 Å². The van der Waals surface area contributed by atoms with E-state index in [0.717, 1.165) is 47.6 Å². The van der Waals surface area contributed by atoms with Crippen LogP contribution in [0.2, 0.25) is 10.0 Å². The summed E-state index contributed by atoms with van der Waals surface area (Å²) in [6.45, 7) is -6.78. The number of anilines is 3. The van der Waals surface area contributed by atoms with Crippen LogP contribution in [0.15, 0.2) is 54.6 Å². The summed E-state index contributed by atoms with van der Waals surface area (Å²) in [5, 5.41) is -0.106. The average molecular weight is 628 g/mol. The van der Waals surface area contributed by atoms with E-state index in [9.17, 15) is 43.9 Å². The number of nitrogens with zero attached hydrogens (tertiary/aromatic N) is 1. The summed E-state index contributed by atoms with van der Waals surface area (Å²) in [5.74, 6) is -2.41. The summed E-state index contributed by atoms with van der Waals surface area (Å²) >= 11 is 11.7. The maximum Gasteiger partial charge on any atom is 0.573 e. The summed E-state index contributed by atoms with van der Waals surface area (Å²) in [5.41, 5.74) is 2.96. The third kappa shape index (κ3) is 8.67. The number of halogens is 12. The lowest BCUT2D eigenvalue weighted by Gasteiger charge is -2.29. The lowest BCUT2D eigenvalue weighted by molar-refractivity contribution is -0.274. The Balaban J connectivity index is 2.02. The molecule has 0 bridgehead atoms. The van der Waals surface area contributed by atoms with Crippen LogP contribution in [0.25, 0.3) is 0 Å². The van der Waals surface area contributed by atoms with Crippen molar-refractivity contribution in [2.45, 2.75) is 25.8 Å². The molecule has 3 aromatic carbocycles. The first-order chi connectivity index (χ1) is 18.5. The summed E-state index contributed by atoms with van der Waals surface area (Å²) in [6.07, 6.45) is -10.2. The maximum atomic E-state index is 13.6. The maximum absolute atomic E-state index is 13.6. The number of hydrogen-bond acceptors (Lipinski definition) is 6. The first-order valence-corrected chi connectivity index (χ1v) is 11.1. The monoisotopic (exact) mass is 627 g/mol. The Morgan fingerprint density at radius 2 is 1.12 bits per heavy atom. The second kappa shape index (κ2) is 12.2. The topological polar surface area (TPSA) is 55.0 Å². The fourth-order valence-electron chi connectivity index (χ4n) is 3.03. The molecule has 40 heavy (non-hydrogen) atoms. The molecule has 0 aliphatic rings. The average Bonchev–Trinajstić information content (AvgIpc) is 2.80. The van der Waals surface area contributed by atoms with Crippen molar-refractivity contribution in [1.82, 2.24) is 0 Å². The highest BCUT2D eigenvalue weighted by atomic mass is 35.5. The standard InChI is InChI=1S/C22H13Cl2F10N3O3/c23-14-7-10(1-4-17(14)39-20(27)28)35-37(36-11-2-5-18(15(24)8-11)40-22(32,33)34)12-3-6-16(38-19(25)26)13(9-12)21(29,30)31/h1-9,19-20,35-36H. The van der Waals surface area contributed by atoms with Crippen molar-refractivity contribution in [1.29, 1.82) is 0 Å². The number of alkyl halides is 10. The highest BCUT2D eigenvalue weighted by Gasteiger charge is 2.36. The fourth-order valence-corrected chi connectivity index (χ4v) is 3.48. The fraction of sp³-hybridized carbons (Fsp3) is 0.182. The first kappa shape index (κ1) is 30.9. The Morgan fingerprint density at radius 3 is 1.57 bits per heavy atom. The van der Waals surface area contributed by atoms with Crippen LogP contribution in [-0.2, 0) is 6.18 Å². The molecule has 3 rings (SSSR count).